The first-order chi connectivity index (χ1) is 7.78. The first-order valence-corrected chi connectivity index (χ1v) is 6.91. The van der Waals surface area contributed by atoms with Gasteiger partial charge in [-0.15, -0.1) is 0 Å². The number of morpholine rings is 1. The van der Waals surface area contributed by atoms with Crippen LogP contribution in [0.25, 0.3) is 0 Å². The SMILES string of the molecule is CCC1CN=C(NCC2CN(C)CCO2)S1. The maximum Gasteiger partial charge on any atom is 0.157 e. The third-order valence-electron chi connectivity index (χ3n) is 2.99. The molecule has 4 nitrogen and oxygen atoms in total. The normalized spacial score (nSPS) is 31.5. The maximum atomic E-state index is 5.69. The second-order valence-electron chi connectivity index (χ2n) is 4.43. The summed E-state index contributed by atoms with van der Waals surface area (Å²) in [5.41, 5.74) is 0. The van der Waals surface area contributed by atoms with Crippen molar-refractivity contribution < 1.29 is 4.74 Å². The Kier molecular flexibility index (Phi) is 4.49. The van der Waals surface area contributed by atoms with E-state index in [4.69, 9.17) is 4.74 Å². The molecule has 0 bridgehead atoms. The van der Waals surface area contributed by atoms with E-state index in [0.29, 0.717) is 11.4 Å². The number of nitrogens with one attached hydrogen (secondary N) is 1. The van der Waals surface area contributed by atoms with Gasteiger partial charge in [0.1, 0.15) is 0 Å². The number of hydrogen-bond donors (Lipinski definition) is 1. The lowest BCUT2D eigenvalue weighted by molar-refractivity contribution is -0.0159. The average molecular weight is 243 g/mol. The topological polar surface area (TPSA) is 36.9 Å². The number of ether oxygens (including phenoxy) is 1. The molecule has 5 heteroatoms. The first kappa shape index (κ1) is 12.2. The second kappa shape index (κ2) is 5.89. The fourth-order valence-electron chi connectivity index (χ4n) is 1.92. The molecule has 16 heavy (non-hydrogen) atoms. The Morgan fingerprint density at radius 3 is 3.19 bits per heavy atom. The minimum absolute atomic E-state index is 0.308. The number of thioether (sulfide) groups is 1. The van der Waals surface area contributed by atoms with E-state index in [1.54, 1.807) is 0 Å². The average Bonchev–Trinajstić information content (AvgIpc) is 2.74. The summed E-state index contributed by atoms with van der Waals surface area (Å²) >= 11 is 1.87. The standard InChI is InChI=1S/C11H21N3OS/c1-3-10-7-13-11(16-10)12-6-9-8-14(2)4-5-15-9/h9-10H,3-8H2,1-2H3,(H,12,13). The summed E-state index contributed by atoms with van der Waals surface area (Å²) in [5.74, 6) is 0. The summed E-state index contributed by atoms with van der Waals surface area (Å²) in [6.45, 7) is 6.98. The molecule has 0 aromatic heterocycles. The number of nitrogens with zero attached hydrogens (tertiary/aromatic N) is 2. The number of hydrogen-bond acceptors (Lipinski definition) is 5. The molecule has 0 saturated carbocycles. The summed E-state index contributed by atoms with van der Waals surface area (Å²) in [7, 11) is 2.14. The van der Waals surface area contributed by atoms with E-state index in [9.17, 15) is 0 Å². The van der Waals surface area contributed by atoms with E-state index in [0.717, 1.165) is 38.0 Å². The van der Waals surface area contributed by atoms with Crippen molar-refractivity contribution in [2.75, 3.05) is 39.8 Å². The second-order valence-corrected chi connectivity index (χ2v) is 5.72. The van der Waals surface area contributed by atoms with Gasteiger partial charge in [-0.25, -0.2) is 0 Å². The van der Waals surface area contributed by atoms with E-state index in [2.05, 4.69) is 29.2 Å². The third kappa shape index (κ3) is 3.37. The van der Waals surface area contributed by atoms with Gasteiger partial charge in [0.15, 0.2) is 5.17 Å². The van der Waals surface area contributed by atoms with Crippen molar-refractivity contribution in [2.45, 2.75) is 24.7 Å². The van der Waals surface area contributed by atoms with Crippen LogP contribution in [-0.2, 0) is 4.74 Å². The van der Waals surface area contributed by atoms with Crippen LogP contribution < -0.4 is 5.32 Å². The van der Waals surface area contributed by atoms with Gasteiger partial charge in [-0.3, -0.25) is 4.99 Å². The van der Waals surface area contributed by atoms with Gasteiger partial charge in [0.2, 0.25) is 0 Å². The molecule has 2 aliphatic rings. The highest BCUT2D eigenvalue weighted by atomic mass is 32.2. The Labute approximate surface area is 102 Å². The molecule has 0 radical (unpaired) electrons. The summed E-state index contributed by atoms with van der Waals surface area (Å²) < 4.78 is 5.69. The lowest BCUT2D eigenvalue weighted by Gasteiger charge is -2.30. The van der Waals surface area contributed by atoms with Crippen LogP contribution in [0.2, 0.25) is 0 Å². The highest BCUT2D eigenvalue weighted by Crippen LogP contribution is 2.21. The largest absolute Gasteiger partial charge is 0.374 e. The summed E-state index contributed by atoms with van der Waals surface area (Å²) in [6, 6.07) is 0. The van der Waals surface area contributed by atoms with E-state index in [-0.39, 0.29) is 0 Å². The predicted molar refractivity (Wildman–Crippen MR) is 69.2 cm³/mol. The van der Waals surface area contributed by atoms with Crippen LogP contribution in [0, 0.1) is 0 Å². The molecule has 2 heterocycles. The molecule has 0 spiro atoms. The molecule has 0 amide bonds. The van der Waals surface area contributed by atoms with E-state index in [1.165, 1.54) is 6.42 Å². The van der Waals surface area contributed by atoms with E-state index < -0.39 is 0 Å². The predicted octanol–water partition coefficient (Wildman–Crippen LogP) is 0.788. The number of rotatable bonds is 3. The molecule has 1 fully saturated rings. The van der Waals surface area contributed by atoms with Gasteiger partial charge < -0.3 is 15.0 Å². The van der Waals surface area contributed by atoms with Gasteiger partial charge in [-0.05, 0) is 13.5 Å². The van der Waals surface area contributed by atoms with Crippen LogP contribution in [0.3, 0.4) is 0 Å². The van der Waals surface area contributed by atoms with Gasteiger partial charge in [-0.1, -0.05) is 18.7 Å². The molecular formula is C11H21N3OS. The van der Waals surface area contributed by atoms with Gasteiger partial charge in [0.05, 0.1) is 19.3 Å². The zero-order chi connectivity index (χ0) is 11.4. The van der Waals surface area contributed by atoms with Crippen LogP contribution >= 0.6 is 11.8 Å². The summed E-state index contributed by atoms with van der Waals surface area (Å²) in [6.07, 6.45) is 1.50. The quantitative estimate of drug-likeness (QED) is 0.795. The molecule has 1 saturated heterocycles. The first-order valence-electron chi connectivity index (χ1n) is 6.03. The fraction of sp³-hybridized carbons (Fsp3) is 0.909. The van der Waals surface area contributed by atoms with Crippen LogP contribution in [0.5, 0.6) is 0 Å². The molecule has 2 unspecified atom stereocenters. The van der Waals surface area contributed by atoms with E-state index in [1.807, 2.05) is 11.8 Å². The molecule has 0 aromatic carbocycles. The van der Waals surface area contributed by atoms with Crippen LogP contribution in [0.4, 0.5) is 0 Å². The number of likely N-dealkylation sites (N-methyl/N-ethyl adjacent to an activating group) is 1. The molecular weight excluding hydrogens is 222 g/mol. The molecule has 92 valence electrons. The monoisotopic (exact) mass is 243 g/mol. The Bertz CT molecular complexity index is 260. The third-order valence-corrected chi connectivity index (χ3v) is 4.31. The molecule has 2 aliphatic heterocycles. The van der Waals surface area contributed by atoms with Gasteiger partial charge in [0.25, 0.3) is 0 Å². The lowest BCUT2D eigenvalue weighted by atomic mass is 10.3. The van der Waals surface area contributed by atoms with Gasteiger partial charge >= 0.3 is 0 Å². The summed E-state index contributed by atoms with van der Waals surface area (Å²) in [5, 5.41) is 5.18. The maximum absolute atomic E-state index is 5.69. The van der Waals surface area contributed by atoms with Gasteiger partial charge in [0, 0.05) is 24.9 Å². The lowest BCUT2D eigenvalue weighted by Crippen LogP contribution is -2.45. The van der Waals surface area contributed by atoms with Crippen molar-refractivity contribution in [1.82, 2.24) is 10.2 Å². The van der Waals surface area contributed by atoms with Crippen molar-refractivity contribution in [3.63, 3.8) is 0 Å². The van der Waals surface area contributed by atoms with Crippen LogP contribution in [0.1, 0.15) is 13.3 Å². The van der Waals surface area contributed by atoms with Crippen LogP contribution in [0.15, 0.2) is 4.99 Å². The van der Waals surface area contributed by atoms with E-state index >= 15 is 0 Å². The minimum Gasteiger partial charge on any atom is -0.374 e. The summed E-state index contributed by atoms with van der Waals surface area (Å²) in [4.78, 5) is 6.80. The van der Waals surface area contributed by atoms with Crippen molar-refractivity contribution >= 4 is 16.9 Å². The smallest absolute Gasteiger partial charge is 0.157 e. The molecule has 2 atom stereocenters. The Morgan fingerprint density at radius 2 is 2.50 bits per heavy atom. The zero-order valence-corrected chi connectivity index (χ0v) is 10.9. The Morgan fingerprint density at radius 1 is 1.62 bits per heavy atom. The fourth-order valence-corrected chi connectivity index (χ4v) is 2.87. The molecule has 2 rings (SSSR count). The van der Waals surface area contributed by atoms with Crippen molar-refractivity contribution in [3.05, 3.63) is 0 Å². The molecule has 0 aromatic rings. The van der Waals surface area contributed by atoms with Crippen LogP contribution in [-0.4, -0.2) is 61.3 Å². The highest BCUT2D eigenvalue weighted by molar-refractivity contribution is 8.14. The molecule has 0 aliphatic carbocycles. The Hall–Kier alpha value is -0.260. The van der Waals surface area contributed by atoms with Crippen molar-refractivity contribution in [2.24, 2.45) is 4.99 Å². The zero-order valence-electron chi connectivity index (χ0n) is 10.1. The molecule has 1 N–H and O–H groups in total. The Balaban J connectivity index is 1.67. The van der Waals surface area contributed by atoms with Crippen molar-refractivity contribution in [3.8, 4) is 0 Å². The van der Waals surface area contributed by atoms with Crippen molar-refractivity contribution in [1.29, 1.82) is 0 Å². The highest BCUT2D eigenvalue weighted by Gasteiger charge is 2.21. The van der Waals surface area contributed by atoms with Gasteiger partial charge in [-0.2, -0.15) is 0 Å². The number of aliphatic imine (C=N–C) groups is 1. The minimum atomic E-state index is 0.308. The number of amidine groups is 1.